The minimum atomic E-state index is -0.919. The highest BCUT2D eigenvalue weighted by Crippen LogP contribution is 2.23. The largest absolute Gasteiger partial charge is 0.444 e. The molecule has 2 N–H and O–H groups in total. The Labute approximate surface area is 221 Å². The van der Waals surface area contributed by atoms with E-state index in [-0.39, 0.29) is 13.0 Å². The topological polar surface area (TPSA) is 67.4 Å². The summed E-state index contributed by atoms with van der Waals surface area (Å²) in [6, 6.07) is 19.1. The molecule has 0 bridgehead atoms. The molecule has 0 aliphatic rings. The van der Waals surface area contributed by atoms with Gasteiger partial charge in [0.25, 0.3) is 0 Å². The second-order valence-electron chi connectivity index (χ2n) is 9.07. The highest BCUT2D eigenvalue weighted by molar-refractivity contribution is 9.11. The Morgan fingerprint density at radius 1 is 0.943 bits per heavy atom. The van der Waals surface area contributed by atoms with E-state index >= 15 is 0 Å². The fourth-order valence-electron chi connectivity index (χ4n) is 3.43. The number of rotatable bonds is 7. The van der Waals surface area contributed by atoms with Gasteiger partial charge in [-0.25, -0.2) is 9.18 Å². The molecule has 0 fully saturated rings. The number of carbonyl (C=O) groups is 2. The molecule has 1 atom stereocenters. The summed E-state index contributed by atoms with van der Waals surface area (Å²) in [7, 11) is 0. The van der Waals surface area contributed by atoms with Gasteiger partial charge in [-0.2, -0.15) is 0 Å². The van der Waals surface area contributed by atoms with Crippen LogP contribution in [0.25, 0.3) is 11.1 Å². The molecule has 0 saturated carbocycles. The molecule has 0 aliphatic carbocycles. The zero-order valence-corrected chi connectivity index (χ0v) is 22.9. The van der Waals surface area contributed by atoms with Crippen molar-refractivity contribution < 1.29 is 18.7 Å². The third-order valence-corrected chi connectivity index (χ3v) is 5.90. The van der Waals surface area contributed by atoms with Gasteiger partial charge in [0.15, 0.2) is 0 Å². The monoisotopic (exact) mass is 604 g/mol. The van der Waals surface area contributed by atoms with E-state index in [0.29, 0.717) is 5.56 Å². The Bertz CT molecular complexity index is 1180. The van der Waals surface area contributed by atoms with E-state index in [4.69, 9.17) is 4.74 Å². The van der Waals surface area contributed by atoms with Gasteiger partial charge in [0, 0.05) is 27.5 Å². The Hall–Kier alpha value is -2.71. The molecule has 0 spiro atoms. The predicted molar refractivity (Wildman–Crippen MR) is 142 cm³/mol. The summed E-state index contributed by atoms with van der Waals surface area (Å²) in [6.07, 6.45) is -0.483. The van der Waals surface area contributed by atoms with Crippen LogP contribution in [0.1, 0.15) is 31.9 Å². The Kier molecular flexibility index (Phi) is 9.08. The molecule has 3 aromatic rings. The minimum absolute atomic E-state index is 0.0194. The average Bonchev–Trinajstić information content (AvgIpc) is 2.76. The maximum atomic E-state index is 14.8. The highest BCUT2D eigenvalue weighted by Gasteiger charge is 2.25. The van der Waals surface area contributed by atoms with Crippen molar-refractivity contribution in [2.75, 3.05) is 0 Å². The quantitative estimate of drug-likeness (QED) is 0.312. The van der Waals surface area contributed by atoms with Crippen molar-refractivity contribution in [3.63, 3.8) is 0 Å². The van der Waals surface area contributed by atoms with Crippen LogP contribution in [0, 0.1) is 5.82 Å². The number of alkyl carbamates (subject to hydrolysis) is 1. The van der Waals surface area contributed by atoms with Crippen molar-refractivity contribution >= 4 is 43.9 Å². The molecule has 35 heavy (non-hydrogen) atoms. The van der Waals surface area contributed by atoms with Crippen LogP contribution in [0.4, 0.5) is 9.18 Å². The molecule has 0 radical (unpaired) electrons. The molecular weight excluding hydrogens is 579 g/mol. The van der Waals surface area contributed by atoms with Crippen LogP contribution < -0.4 is 10.6 Å². The molecule has 8 heteroatoms. The third-order valence-electron chi connectivity index (χ3n) is 4.98. The molecule has 184 valence electrons. The third kappa shape index (κ3) is 8.47. The lowest BCUT2D eigenvalue weighted by Crippen LogP contribution is -2.49. The number of nitrogens with one attached hydrogen (secondary N) is 2. The van der Waals surface area contributed by atoms with Gasteiger partial charge in [-0.1, -0.05) is 74.3 Å². The normalized spacial score (nSPS) is 12.1. The van der Waals surface area contributed by atoms with E-state index < -0.39 is 29.5 Å². The van der Waals surface area contributed by atoms with Gasteiger partial charge in [0.1, 0.15) is 17.5 Å². The fourth-order valence-corrected chi connectivity index (χ4v) is 4.82. The minimum Gasteiger partial charge on any atom is -0.444 e. The molecule has 0 saturated heterocycles. The average molecular weight is 606 g/mol. The first-order chi connectivity index (χ1) is 16.5. The predicted octanol–water partition coefficient (Wildman–Crippen LogP) is 6.77. The molecule has 0 aliphatic heterocycles. The summed E-state index contributed by atoms with van der Waals surface area (Å²) in [4.78, 5) is 25.5. The summed E-state index contributed by atoms with van der Waals surface area (Å²) in [6.45, 7) is 5.22. The van der Waals surface area contributed by atoms with E-state index in [9.17, 15) is 14.0 Å². The summed E-state index contributed by atoms with van der Waals surface area (Å²) >= 11 is 6.88. The molecular formula is C27H27Br2FN2O3. The molecule has 0 heterocycles. The Morgan fingerprint density at radius 2 is 1.60 bits per heavy atom. The van der Waals surface area contributed by atoms with Crippen molar-refractivity contribution in [2.24, 2.45) is 0 Å². The van der Waals surface area contributed by atoms with E-state index in [0.717, 1.165) is 25.6 Å². The van der Waals surface area contributed by atoms with Crippen LogP contribution in [-0.4, -0.2) is 23.6 Å². The second-order valence-corrected chi connectivity index (χ2v) is 10.9. The van der Waals surface area contributed by atoms with Crippen LogP contribution >= 0.6 is 31.9 Å². The molecule has 2 amide bonds. The Morgan fingerprint density at radius 3 is 2.20 bits per heavy atom. The van der Waals surface area contributed by atoms with Crippen LogP contribution in [0.2, 0.25) is 0 Å². The lowest BCUT2D eigenvalue weighted by Gasteiger charge is -2.23. The summed E-state index contributed by atoms with van der Waals surface area (Å²) in [5.74, 6) is -0.863. The number of hydrogen-bond donors (Lipinski definition) is 2. The second kappa shape index (κ2) is 11.8. The number of amides is 2. The van der Waals surface area contributed by atoms with E-state index in [1.807, 2.05) is 54.6 Å². The molecule has 5 nitrogen and oxygen atoms in total. The maximum Gasteiger partial charge on any atom is 0.408 e. The van der Waals surface area contributed by atoms with Gasteiger partial charge in [-0.05, 0) is 61.7 Å². The SMILES string of the molecule is CC(C)(C)OC(=O)NC(Cc1cc(Br)cc(Br)c1)C(=O)NCc1ccc(-c2ccccc2)cc1F. The maximum absolute atomic E-state index is 14.8. The van der Waals surface area contributed by atoms with Gasteiger partial charge < -0.3 is 15.4 Å². The first-order valence-corrected chi connectivity index (χ1v) is 12.6. The first kappa shape index (κ1) is 26.9. The molecule has 1 unspecified atom stereocenters. The van der Waals surface area contributed by atoms with Crippen LogP contribution in [0.3, 0.4) is 0 Å². The van der Waals surface area contributed by atoms with Gasteiger partial charge >= 0.3 is 6.09 Å². The highest BCUT2D eigenvalue weighted by atomic mass is 79.9. The molecule has 3 aromatic carbocycles. The van der Waals surface area contributed by atoms with Gasteiger partial charge in [-0.15, -0.1) is 0 Å². The van der Waals surface area contributed by atoms with Gasteiger partial charge in [-0.3, -0.25) is 4.79 Å². The van der Waals surface area contributed by atoms with Gasteiger partial charge in [0.2, 0.25) is 5.91 Å². The zero-order valence-electron chi connectivity index (χ0n) is 19.7. The molecule has 3 rings (SSSR count). The van der Waals surface area contributed by atoms with E-state index in [1.54, 1.807) is 26.8 Å². The summed E-state index contributed by atoms with van der Waals surface area (Å²) in [5, 5.41) is 5.39. The summed E-state index contributed by atoms with van der Waals surface area (Å²) in [5.41, 5.74) is 2.11. The number of ether oxygens (including phenoxy) is 1. The number of hydrogen-bond acceptors (Lipinski definition) is 3. The van der Waals surface area contributed by atoms with Crippen molar-refractivity contribution in [3.05, 3.63) is 92.6 Å². The van der Waals surface area contributed by atoms with Crippen LogP contribution in [0.5, 0.6) is 0 Å². The van der Waals surface area contributed by atoms with Crippen molar-refractivity contribution in [1.82, 2.24) is 10.6 Å². The Balaban J connectivity index is 1.73. The lowest BCUT2D eigenvalue weighted by molar-refractivity contribution is -0.123. The van der Waals surface area contributed by atoms with Crippen LogP contribution in [0.15, 0.2) is 75.7 Å². The number of halogens is 3. The smallest absolute Gasteiger partial charge is 0.408 e. The van der Waals surface area contributed by atoms with Gasteiger partial charge in [0.05, 0.1) is 0 Å². The van der Waals surface area contributed by atoms with Crippen LogP contribution in [-0.2, 0) is 22.5 Å². The fraction of sp³-hybridized carbons (Fsp3) is 0.259. The number of carbonyl (C=O) groups excluding carboxylic acids is 2. The van der Waals surface area contributed by atoms with Crippen molar-refractivity contribution in [2.45, 2.75) is 45.4 Å². The van der Waals surface area contributed by atoms with Crippen molar-refractivity contribution in [3.8, 4) is 11.1 Å². The van der Waals surface area contributed by atoms with Crippen molar-refractivity contribution in [1.29, 1.82) is 0 Å². The van der Waals surface area contributed by atoms with E-state index in [2.05, 4.69) is 42.5 Å². The standard InChI is InChI=1S/C27H27Br2FN2O3/c1-27(2,3)35-26(34)32-24(13-17-11-21(28)15-22(29)12-17)25(33)31-16-20-10-9-19(14-23(20)30)18-7-5-4-6-8-18/h4-12,14-15,24H,13,16H2,1-3H3,(H,31,33)(H,32,34). The zero-order chi connectivity index (χ0) is 25.6. The molecule has 0 aromatic heterocycles. The lowest BCUT2D eigenvalue weighted by atomic mass is 10.0. The number of benzene rings is 3. The first-order valence-electron chi connectivity index (χ1n) is 11.1. The summed E-state index contributed by atoms with van der Waals surface area (Å²) < 4.78 is 21.8. The van der Waals surface area contributed by atoms with E-state index in [1.165, 1.54) is 6.07 Å².